The number of benzene rings is 10. The normalized spacial score (nSPS) is 12.0. The van der Waals surface area contributed by atoms with Crippen molar-refractivity contribution in [3.05, 3.63) is 230 Å². The first-order valence-corrected chi connectivity index (χ1v) is 22.6. The molecule has 0 radical (unpaired) electrons. The minimum absolute atomic E-state index is 0.164. The van der Waals surface area contributed by atoms with E-state index in [9.17, 15) is 5.26 Å². The van der Waals surface area contributed by atoms with Crippen molar-refractivity contribution in [2.45, 2.75) is 0 Å². The van der Waals surface area contributed by atoms with Crippen LogP contribution in [-0.4, -0.2) is 18.3 Å². The highest BCUT2D eigenvalue weighted by Gasteiger charge is 2.25. The summed E-state index contributed by atoms with van der Waals surface area (Å²) in [5.74, 6) is -1.38. The molecule has 0 saturated carbocycles. The topological polar surface area (TPSA) is 43.5 Å². The number of aromatic nitrogens is 4. The number of para-hydroxylation sites is 6. The smallest absolute Gasteiger partial charge is 0.133 e. The third kappa shape index (κ3) is 5.28. The van der Waals surface area contributed by atoms with E-state index >= 15 is 8.78 Å². The molecule has 10 aromatic carbocycles. The van der Waals surface area contributed by atoms with E-state index < -0.39 is 11.6 Å². The van der Waals surface area contributed by atoms with Crippen LogP contribution in [-0.2, 0) is 0 Å². The van der Waals surface area contributed by atoms with Gasteiger partial charge in [0.15, 0.2) is 0 Å². The number of fused-ring (bicyclic) bond motifs is 12. The lowest BCUT2D eigenvalue weighted by atomic mass is 9.99. The Bertz CT molecular complexity index is 4120. The molecule has 0 aliphatic rings. The van der Waals surface area contributed by atoms with Crippen LogP contribution >= 0.6 is 0 Å². The molecule has 0 aliphatic carbocycles. The molecule has 0 aliphatic heterocycles. The lowest BCUT2D eigenvalue weighted by Gasteiger charge is -2.19. The molecule has 0 unspecified atom stereocenters. The molecular formula is C61H35F2N5. The van der Waals surface area contributed by atoms with Crippen LogP contribution in [0.5, 0.6) is 0 Å². The van der Waals surface area contributed by atoms with Crippen LogP contribution in [0.15, 0.2) is 212 Å². The monoisotopic (exact) mass is 875 g/mol. The summed E-state index contributed by atoms with van der Waals surface area (Å²) in [5.41, 5.74) is 11.3. The lowest BCUT2D eigenvalue weighted by molar-refractivity contribution is 0.589. The van der Waals surface area contributed by atoms with Gasteiger partial charge in [-0.1, -0.05) is 115 Å². The van der Waals surface area contributed by atoms with Crippen LogP contribution in [0.3, 0.4) is 0 Å². The van der Waals surface area contributed by atoms with E-state index in [2.05, 4.69) is 170 Å². The molecule has 0 bridgehead atoms. The predicted molar refractivity (Wildman–Crippen MR) is 274 cm³/mol. The van der Waals surface area contributed by atoms with E-state index in [0.717, 1.165) is 77.1 Å². The summed E-state index contributed by atoms with van der Waals surface area (Å²) in [6.07, 6.45) is 0. The van der Waals surface area contributed by atoms with E-state index in [4.69, 9.17) is 0 Å². The van der Waals surface area contributed by atoms with E-state index in [0.29, 0.717) is 22.5 Å². The van der Waals surface area contributed by atoms with Crippen LogP contribution in [0.4, 0.5) is 8.78 Å². The lowest BCUT2D eigenvalue weighted by Crippen LogP contribution is -2.06. The average molecular weight is 876 g/mol. The molecule has 0 saturated heterocycles. The molecule has 0 spiro atoms. The Morgan fingerprint density at radius 3 is 0.971 bits per heavy atom. The first-order chi connectivity index (χ1) is 33.6. The molecule has 5 nitrogen and oxygen atoms in total. The van der Waals surface area contributed by atoms with Crippen molar-refractivity contribution in [3.8, 4) is 39.9 Å². The highest BCUT2D eigenvalue weighted by atomic mass is 19.1. The Hall–Kier alpha value is -9.25. The molecule has 0 N–H and O–H groups in total. The number of halogens is 2. The number of nitrogens with zero attached hydrogens (tertiary/aromatic N) is 5. The van der Waals surface area contributed by atoms with Crippen molar-refractivity contribution < 1.29 is 8.78 Å². The second-order valence-electron chi connectivity index (χ2n) is 17.4. The van der Waals surface area contributed by atoms with Gasteiger partial charge < -0.3 is 18.3 Å². The predicted octanol–water partition coefficient (Wildman–Crippen LogP) is 15.9. The van der Waals surface area contributed by atoms with Crippen LogP contribution in [0, 0.1) is 23.0 Å². The first kappa shape index (κ1) is 38.1. The summed E-state index contributed by atoms with van der Waals surface area (Å²) in [7, 11) is 0. The van der Waals surface area contributed by atoms with Crippen molar-refractivity contribution in [1.29, 1.82) is 5.26 Å². The Morgan fingerprint density at radius 1 is 0.309 bits per heavy atom. The van der Waals surface area contributed by atoms with Crippen LogP contribution < -0.4 is 0 Å². The highest BCUT2D eigenvalue weighted by molar-refractivity contribution is 6.14. The third-order valence-electron chi connectivity index (χ3n) is 13.9. The Balaban J connectivity index is 1.06. The molecular weight excluding hydrogens is 841 g/mol. The van der Waals surface area contributed by atoms with Gasteiger partial charge in [-0.3, -0.25) is 0 Å². The number of hydrogen-bond donors (Lipinski definition) is 0. The van der Waals surface area contributed by atoms with Crippen molar-refractivity contribution >= 4 is 87.2 Å². The van der Waals surface area contributed by atoms with Gasteiger partial charge in [0.1, 0.15) is 23.3 Å². The van der Waals surface area contributed by atoms with Gasteiger partial charge in [-0.25, -0.2) is 8.78 Å². The molecule has 318 valence electrons. The van der Waals surface area contributed by atoms with E-state index in [1.165, 1.54) is 39.7 Å². The summed E-state index contributed by atoms with van der Waals surface area (Å²) >= 11 is 0. The quantitative estimate of drug-likeness (QED) is 0.170. The van der Waals surface area contributed by atoms with Crippen molar-refractivity contribution in [3.63, 3.8) is 0 Å². The Morgan fingerprint density at radius 2 is 0.618 bits per heavy atom. The second kappa shape index (κ2) is 14.4. The molecule has 0 fully saturated rings. The molecule has 0 atom stereocenters. The fourth-order valence-corrected chi connectivity index (χ4v) is 11.1. The summed E-state index contributed by atoms with van der Waals surface area (Å²) < 4.78 is 41.1. The van der Waals surface area contributed by atoms with Crippen LogP contribution in [0.2, 0.25) is 0 Å². The first-order valence-electron chi connectivity index (χ1n) is 22.6. The van der Waals surface area contributed by atoms with Gasteiger partial charge >= 0.3 is 0 Å². The molecule has 68 heavy (non-hydrogen) atoms. The van der Waals surface area contributed by atoms with E-state index in [1.54, 1.807) is 12.1 Å². The standard InChI is InChI=1S/C61H35F2N5/c62-49-20-13-21-50(63)61(49)37-32-59(67-55-26-11-5-18-44(55)46-34-38(28-30-57(46)67)65-51-22-7-1-14-40(51)41-15-2-8-23-52(41)65)48(36-64)60(33-37)68-56-27-12-6-19-45(56)47-35-39(29-31-58(47)68)66-53-24-9-3-16-42(53)43-17-4-10-25-54(43)66/h1-35H. The molecule has 0 amide bonds. The van der Waals surface area contributed by atoms with Crippen molar-refractivity contribution in [2.75, 3.05) is 0 Å². The number of rotatable bonds is 5. The van der Waals surface area contributed by atoms with Crippen molar-refractivity contribution in [2.24, 2.45) is 0 Å². The van der Waals surface area contributed by atoms with Crippen molar-refractivity contribution in [1.82, 2.24) is 18.3 Å². The Labute approximate surface area is 387 Å². The largest absolute Gasteiger partial charge is 0.309 e. The second-order valence-corrected chi connectivity index (χ2v) is 17.4. The molecule has 14 rings (SSSR count). The third-order valence-corrected chi connectivity index (χ3v) is 13.9. The average Bonchev–Trinajstić information content (AvgIpc) is 4.11. The minimum atomic E-state index is -0.692. The van der Waals surface area contributed by atoms with Gasteiger partial charge in [-0.15, -0.1) is 0 Å². The fourth-order valence-electron chi connectivity index (χ4n) is 11.1. The summed E-state index contributed by atoms with van der Waals surface area (Å²) in [6.45, 7) is 0. The molecule has 7 heteroatoms. The zero-order valence-electron chi connectivity index (χ0n) is 36.2. The maximum Gasteiger partial charge on any atom is 0.133 e. The van der Waals surface area contributed by atoms with Gasteiger partial charge in [0.25, 0.3) is 0 Å². The van der Waals surface area contributed by atoms with E-state index in [-0.39, 0.29) is 5.56 Å². The van der Waals surface area contributed by atoms with Gasteiger partial charge in [0.2, 0.25) is 0 Å². The number of hydrogen-bond acceptors (Lipinski definition) is 1. The summed E-state index contributed by atoms with van der Waals surface area (Å²) in [6, 6.07) is 73.0. The molecule has 4 heterocycles. The summed E-state index contributed by atoms with van der Waals surface area (Å²) in [4.78, 5) is 0. The zero-order chi connectivity index (χ0) is 45.2. The molecule has 14 aromatic rings. The van der Waals surface area contributed by atoms with Gasteiger partial charge in [-0.05, 0) is 103 Å². The maximum atomic E-state index is 16.2. The van der Waals surface area contributed by atoms with Gasteiger partial charge in [-0.2, -0.15) is 5.26 Å². The van der Waals surface area contributed by atoms with E-state index in [1.807, 2.05) is 36.4 Å². The molecule has 4 aromatic heterocycles. The van der Waals surface area contributed by atoms with Gasteiger partial charge in [0, 0.05) is 54.5 Å². The highest BCUT2D eigenvalue weighted by Crippen LogP contribution is 2.43. The SMILES string of the molecule is N#Cc1c(-n2c3ccccc3c3cc(-n4c5ccccc5c5ccccc54)ccc32)cc(-c2c(F)cccc2F)cc1-n1c2ccccc2c2cc(-n3c4ccccc4c4ccccc43)ccc21. The minimum Gasteiger partial charge on any atom is -0.309 e. The van der Waals surface area contributed by atoms with Crippen LogP contribution in [0.1, 0.15) is 5.56 Å². The number of nitriles is 1. The maximum absolute atomic E-state index is 16.2. The summed E-state index contributed by atoms with van der Waals surface area (Å²) in [5, 5.41) is 20.1. The zero-order valence-corrected chi connectivity index (χ0v) is 36.2. The van der Waals surface area contributed by atoms with Crippen LogP contribution in [0.25, 0.3) is 121 Å². The van der Waals surface area contributed by atoms with Gasteiger partial charge in [0.05, 0.1) is 61.1 Å². The Kier molecular flexibility index (Phi) is 8.05. The fraction of sp³-hybridized carbons (Fsp3) is 0.